The lowest BCUT2D eigenvalue weighted by atomic mass is 10.1. The van der Waals surface area contributed by atoms with Gasteiger partial charge < -0.3 is 20.1 Å². The molecule has 0 aliphatic heterocycles. The minimum Gasteiger partial charge on any atom is -0.481 e. The average Bonchev–Trinajstić information content (AvgIpc) is 2.68. The first-order chi connectivity index (χ1) is 13.1. The van der Waals surface area contributed by atoms with Gasteiger partial charge in [0.15, 0.2) is 6.10 Å². The molecule has 2 aromatic rings. The van der Waals surface area contributed by atoms with Crippen LogP contribution in [0, 0.1) is 0 Å². The molecular weight excluding hydrogens is 344 g/mol. The molecule has 2 N–H and O–H groups in total. The van der Waals surface area contributed by atoms with E-state index in [1.54, 1.807) is 38.3 Å². The molecule has 2 rings (SSSR count). The predicted molar refractivity (Wildman–Crippen MR) is 105 cm³/mol. The summed E-state index contributed by atoms with van der Waals surface area (Å²) in [6, 6.07) is 14.5. The Morgan fingerprint density at radius 2 is 1.78 bits per heavy atom. The summed E-state index contributed by atoms with van der Waals surface area (Å²) in [6.07, 6.45) is 0.108. The number of rotatable bonds is 9. The van der Waals surface area contributed by atoms with Crippen molar-refractivity contribution >= 4 is 17.5 Å². The summed E-state index contributed by atoms with van der Waals surface area (Å²) < 4.78 is 10.7. The highest BCUT2D eigenvalue weighted by atomic mass is 16.5. The second-order valence-corrected chi connectivity index (χ2v) is 6.00. The molecular formula is C21H26N2O4. The third kappa shape index (κ3) is 5.82. The first-order valence-electron chi connectivity index (χ1n) is 8.98. The lowest BCUT2D eigenvalue weighted by Crippen LogP contribution is -2.32. The molecule has 144 valence electrons. The van der Waals surface area contributed by atoms with E-state index in [9.17, 15) is 9.59 Å². The Labute approximate surface area is 159 Å². The molecule has 27 heavy (non-hydrogen) atoms. The normalized spacial score (nSPS) is 11.5. The van der Waals surface area contributed by atoms with Crippen LogP contribution in [0.4, 0.5) is 5.69 Å². The van der Waals surface area contributed by atoms with Crippen LogP contribution in [0.3, 0.4) is 0 Å². The number of carbonyl (C=O) groups is 2. The maximum Gasteiger partial charge on any atom is 0.265 e. The highest BCUT2D eigenvalue weighted by molar-refractivity contribution is 6.04. The SMILES string of the molecule is CCc1ccccc1O[C@H](C)C(=O)Nc1ccccc1C(=O)NCCOC. The molecule has 0 saturated carbocycles. The summed E-state index contributed by atoms with van der Waals surface area (Å²) in [6.45, 7) is 4.53. The maximum absolute atomic E-state index is 12.6. The van der Waals surface area contributed by atoms with Gasteiger partial charge in [-0.1, -0.05) is 37.3 Å². The number of hydrogen-bond donors (Lipinski definition) is 2. The molecule has 6 nitrogen and oxygen atoms in total. The molecule has 1 atom stereocenters. The van der Waals surface area contributed by atoms with Crippen molar-refractivity contribution in [1.82, 2.24) is 5.32 Å². The number of aryl methyl sites for hydroxylation is 1. The molecule has 2 aromatic carbocycles. The quantitative estimate of drug-likeness (QED) is 0.665. The van der Waals surface area contributed by atoms with E-state index in [-0.39, 0.29) is 11.8 Å². The zero-order valence-corrected chi connectivity index (χ0v) is 16.0. The van der Waals surface area contributed by atoms with E-state index in [0.29, 0.717) is 30.2 Å². The van der Waals surface area contributed by atoms with Gasteiger partial charge in [-0.15, -0.1) is 0 Å². The largest absolute Gasteiger partial charge is 0.481 e. The van der Waals surface area contributed by atoms with E-state index < -0.39 is 6.10 Å². The fourth-order valence-electron chi connectivity index (χ4n) is 2.54. The zero-order valence-electron chi connectivity index (χ0n) is 16.0. The lowest BCUT2D eigenvalue weighted by molar-refractivity contribution is -0.122. The Balaban J connectivity index is 2.05. The molecule has 0 bridgehead atoms. The summed E-state index contributed by atoms with van der Waals surface area (Å²) in [7, 11) is 1.57. The van der Waals surface area contributed by atoms with Gasteiger partial charge in [-0.2, -0.15) is 0 Å². The highest BCUT2D eigenvalue weighted by Crippen LogP contribution is 2.21. The van der Waals surface area contributed by atoms with E-state index in [2.05, 4.69) is 10.6 Å². The first kappa shape index (κ1) is 20.5. The molecule has 0 saturated heterocycles. The van der Waals surface area contributed by atoms with Crippen molar-refractivity contribution in [2.24, 2.45) is 0 Å². The van der Waals surface area contributed by atoms with E-state index in [1.807, 2.05) is 31.2 Å². The number of hydrogen-bond acceptors (Lipinski definition) is 4. The van der Waals surface area contributed by atoms with Gasteiger partial charge in [0.1, 0.15) is 5.75 Å². The summed E-state index contributed by atoms with van der Waals surface area (Å²) in [4.78, 5) is 24.9. The van der Waals surface area contributed by atoms with E-state index in [4.69, 9.17) is 9.47 Å². The van der Waals surface area contributed by atoms with Crippen LogP contribution in [0.25, 0.3) is 0 Å². The number of anilines is 1. The van der Waals surface area contributed by atoms with Gasteiger partial charge in [0, 0.05) is 13.7 Å². The highest BCUT2D eigenvalue weighted by Gasteiger charge is 2.19. The van der Waals surface area contributed by atoms with Crippen molar-refractivity contribution in [2.75, 3.05) is 25.6 Å². The predicted octanol–water partition coefficient (Wildman–Crippen LogP) is 3.03. The summed E-state index contributed by atoms with van der Waals surface area (Å²) in [5.74, 6) is 0.0964. The standard InChI is InChI=1S/C21H26N2O4/c1-4-16-9-5-8-12-19(16)27-15(2)20(24)23-18-11-7-6-10-17(18)21(25)22-13-14-26-3/h5-12,15H,4,13-14H2,1-3H3,(H,22,25)(H,23,24)/t15-/m1/s1. The van der Waals surface area contributed by atoms with Crippen molar-refractivity contribution in [3.05, 3.63) is 59.7 Å². The fourth-order valence-corrected chi connectivity index (χ4v) is 2.54. The Morgan fingerprint density at radius 3 is 2.52 bits per heavy atom. The zero-order chi connectivity index (χ0) is 19.6. The molecule has 0 aromatic heterocycles. The van der Waals surface area contributed by atoms with Gasteiger partial charge in [0.2, 0.25) is 0 Å². The molecule has 0 spiro atoms. The summed E-state index contributed by atoms with van der Waals surface area (Å²) in [5.41, 5.74) is 1.87. The summed E-state index contributed by atoms with van der Waals surface area (Å²) >= 11 is 0. The van der Waals surface area contributed by atoms with Crippen LogP contribution in [0.5, 0.6) is 5.75 Å². The van der Waals surface area contributed by atoms with Crippen LogP contribution in [0.15, 0.2) is 48.5 Å². The van der Waals surface area contributed by atoms with Crippen LogP contribution >= 0.6 is 0 Å². The second-order valence-electron chi connectivity index (χ2n) is 6.00. The Kier molecular flexibility index (Phi) is 7.82. The molecule has 0 aliphatic rings. The number of carbonyl (C=O) groups excluding carboxylic acids is 2. The summed E-state index contributed by atoms with van der Waals surface area (Å²) in [5, 5.41) is 5.53. The third-order valence-electron chi connectivity index (χ3n) is 4.05. The van der Waals surface area contributed by atoms with Gasteiger partial charge in [0.05, 0.1) is 17.9 Å². The maximum atomic E-state index is 12.6. The Hall–Kier alpha value is -2.86. The number of methoxy groups -OCH3 is 1. The minimum absolute atomic E-state index is 0.271. The van der Waals surface area contributed by atoms with Crippen molar-refractivity contribution in [2.45, 2.75) is 26.4 Å². The monoisotopic (exact) mass is 370 g/mol. The number of nitrogens with one attached hydrogen (secondary N) is 2. The van der Waals surface area contributed by atoms with Gasteiger partial charge in [-0.3, -0.25) is 9.59 Å². The lowest BCUT2D eigenvalue weighted by Gasteiger charge is -2.18. The van der Waals surface area contributed by atoms with Gasteiger partial charge in [-0.25, -0.2) is 0 Å². The Morgan fingerprint density at radius 1 is 1.07 bits per heavy atom. The average molecular weight is 370 g/mol. The van der Waals surface area contributed by atoms with Gasteiger partial charge in [-0.05, 0) is 37.1 Å². The molecule has 2 amide bonds. The van der Waals surface area contributed by atoms with Crippen LogP contribution in [0.1, 0.15) is 29.8 Å². The molecule has 6 heteroatoms. The van der Waals surface area contributed by atoms with Crippen molar-refractivity contribution in [3.8, 4) is 5.75 Å². The molecule has 0 unspecified atom stereocenters. The van der Waals surface area contributed by atoms with Gasteiger partial charge in [0.25, 0.3) is 11.8 Å². The number of benzene rings is 2. The molecule has 0 heterocycles. The van der Waals surface area contributed by atoms with E-state index in [1.165, 1.54) is 0 Å². The van der Waals surface area contributed by atoms with Crippen molar-refractivity contribution in [1.29, 1.82) is 0 Å². The second kappa shape index (κ2) is 10.3. The Bertz CT molecular complexity index is 776. The van der Waals surface area contributed by atoms with Crippen molar-refractivity contribution in [3.63, 3.8) is 0 Å². The van der Waals surface area contributed by atoms with E-state index in [0.717, 1.165) is 12.0 Å². The van der Waals surface area contributed by atoms with E-state index >= 15 is 0 Å². The minimum atomic E-state index is -0.706. The smallest absolute Gasteiger partial charge is 0.265 e. The number of ether oxygens (including phenoxy) is 2. The first-order valence-corrected chi connectivity index (χ1v) is 8.98. The molecule has 0 aliphatic carbocycles. The topological polar surface area (TPSA) is 76.7 Å². The number of para-hydroxylation sites is 2. The molecule has 0 fully saturated rings. The van der Waals surface area contributed by atoms with Crippen LogP contribution in [0.2, 0.25) is 0 Å². The van der Waals surface area contributed by atoms with Crippen LogP contribution in [-0.4, -0.2) is 38.2 Å². The van der Waals surface area contributed by atoms with Gasteiger partial charge >= 0.3 is 0 Å². The third-order valence-corrected chi connectivity index (χ3v) is 4.05. The fraction of sp³-hybridized carbons (Fsp3) is 0.333. The van der Waals surface area contributed by atoms with Crippen LogP contribution < -0.4 is 15.4 Å². The van der Waals surface area contributed by atoms with Crippen LogP contribution in [-0.2, 0) is 16.0 Å². The molecule has 0 radical (unpaired) electrons. The van der Waals surface area contributed by atoms with Crippen molar-refractivity contribution < 1.29 is 19.1 Å². The number of amides is 2.